The lowest BCUT2D eigenvalue weighted by atomic mass is 10.2. The van der Waals surface area contributed by atoms with Gasteiger partial charge in [0.2, 0.25) is 0 Å². The lowest BCUT2D eigenvalue weighted by Crippen LogP contribution is -2.14. The third-order valence-electron chi connectivity index (χ3n) is 2.40. The molecule has 0 unspecified atom stereocenters. The number of halogens is 1. The number of hydrogen-bond donors (Lipinski definition) is 0. The predicted octanol–water partition coefficient (Wildman–Crippen LogP) is 3.11. The lowest BCUT2D eigenvalue weighted by Gasteiger charge is -2.14. The maximum atomic E-state index is 12.3. The van der Waals surface area contributed by atoms with Crippen LogP contribution in [-0.2, 0) is 13.6 Å². The summed E-state index contributed by atoms with van der Waals surface area (Å²) in [5.41, 5.74) is 1.04. The summed E-state index contributed by atoms with van der Waals surface area (Å²) < 4.78 is 22.8. The number of benzene rings is 1. The molecule has 0 bridgehead atoms. The molecule has 0 aliphatic heterocycles. The largest absolute Gasteiger partial charge is 0.380 e. The first-order valence-electron chi connectivity index (χ1n) is 4.88. The summed E-state index contributed by atoms with van der Waals surface area (Å²) in [6.07, 6.45) is 0. The highest BCUT2D eigenvalue weighted by Crippen LogP contribution is 2.46. The van der Waals surface area contributed by atoms with Crippen molar-refractivity contribution >= 4 is 39.9 Å². The molecule has 0 saturated heterocycles. The maximum absolute atomic E-state index is 12.3. The zero-order valence-electron chi connectivity index (χ0n) is 9.38. The average Bonchev–Trinajstić information content (AvgIpc) is 2.37. The van der Waals surface area contributed by atoms with E-state index in [1.54, 1.807) is 0 Å². The molecule has 1 aromatic heterocycles. The van der Waals surface area contributed by atoms with Gasteiger partial charge in [-0.15, -0.1) is 0 Å². The Balaban J connectivity index is 2.70. The summed E-state index contributed by atoms with van der Waals surface area (Å²) in [7, 11) is -0.652. The van der Waals surface area contributed by atoms with Gasteiger partial charge in [-0.05, 0) is 28.1 Å². The Kier molecular flexibility index (Phi) is 3.64. The second-order valence-electron chi connectivity index (χ2n) is 3.35. The van der Waals surface area contributed by atoms with Crippen molar-refractivity contribution in [3.63, 3.8) is 0 Å². The first-order chi connectivity index (χ1) is 8.10. The van der Waals surface area contributed by atoms with Gasteiger partial charge in [0, 0.05) is 19.6 Å². The number of rotatable bonds is 3. The van der Waals surface area contributed by atoms with Crippen LogP contribution < -0.4 is 5.44 Å². The number of hydrogen-bond acceptors (Lipinski definition) is 4. The highest BCUT2D eigenvalue weighted by molar-refractivity contribution is 9.10. The smallest absolute Gasteiger partial charge is 0.307 e. The van der Waals surface area contributed by atoms with Crippen LogP contribution in [0.15, 0.2) is 34.8 Å². The van der Waals surface area contributed by atoms with Gasteiger partial charge in [-0.2, -0.15) is 0 Å². The molecule has 0 radical (unpaired) electrons. The van der Waals surface area contributed by atoms with Gasteiger partial charge in [-0.25, -0.2) is 4.98 Å². The quantitative estimate of drug-likeness (QED) is 0.817. The minimum atomic E-state index is -3.33. The standard InChI is InChI=1S/C11H11BrNO3P/c1-15-17(14,16-2)11-9(12)7-8-5-3-4-6-10(8)13-11/h3-7H,1-2H3. The van der Waals surface area contributed by atoms with Crippen LogP contribution >= 0.6 is 23.5 Å². The molecule has 0 saturated carbocycles. The van der Waals surface area contributed by atoms with Crippen molar-refractivity contribution in [2.75, 3.05) is 14.2 Å². The van der Waals surface area contributed by atoms with Crippen LogP contribution in [0.2, 0.25) is 0 Å². The van der Waals surface area contributed by atoms with Gasteiger partial charge < -0.3 is 9.05 Å². The van der Waals surface area contributed by atoms with Crippen LogP contribution in [0.4, 0.5) is 0 Å². The van der Waals surface area contributed by atoms with E-state index in [1.165, 1.54) is 14.2 Å². The molecule has 0 N–H and O–H groups in total. The molecule has 0 atom stereocenters. The van der Waals surface area contributed by atoms with E-state index in [9.17, 15) is 4.57 Å². The van der Waals surface area contributed by atoms with Gasteiger partial charge in [-0.3, -0.25) is 4.57 Å². The van der Waals surface area contributed by atoms with Crippen LogP contribution in [0, 0.1) is 0 Å². The van der Waals surface area contributed by atoms with Crippen LogP contribution in [0.25, 0.3) is 10.9 Å². The summed E-state index contributed by atoms with van der Waals surface area (Å²) in [5, 5.41) is 0.960. The maximum Gasteiger partial charge on any atom is 0.380 e. The fourth-order valence-corrected chi connectivity index (χ4v) is 3.56. The summed E-state index contributed by atoms with van der Waals surface area (Å²) in [5.74, 6) is 0. The summed E-state index contributed by atoms with van der Waals surface area (Å²) >= 11 is 3.34. The van der Waals surface area contributed by atoms with E-state index in [0.29, 0.717) is 9.91 Å². The molecule has 0 aliphatic rings. The second-order valence-corrected chi connectivity index (χ2v) is 6.35. The van der Waals surface area contributed by atoms with Crippen molar-refractivity contribution < 1.29 is 13.6 Å². The molecular weight excluding hydrogens is 305 g/mol. The molecule has 1 aromatic carbocycles. The number of fused-ring (bicyclic) bond motifs is 1. The van der Waals surface area contributed by atoms with E-state index < -0.39 is 7.60 Å². The molecule has 0 fully saturated rings. The van der Waals surface area contributed by atoms with Gasteiger partial charge in [0.15, 0.2) is 5.44 Å². The molecule has 17 heavy (non-hydrogen) atoms. The minimum absolute atomic E-state index is 0.293. The molecule has 0 spiro atoms. The fraction of sp³-hybridized carbons (Fsp3) is 0.182. The molecule has 4 nitrogen and oxygen atoms in total. The topological polar surface area (TPSA) is 48.4 Å². The van der Waals surface area contributed by atoms with E-state index in [2.05, 4.69) is 20.9 Å². The van der Waals surface area contributed by atoms with Crippen molar-refractivity contribution in [3.05, 3.63) is 34.8 Å². The Bertz CT molecular complexity index is 594. The van der Waals surface area contributed by atoms with Crippen LogP contribution in [0.3, 0.4) is 0 Å². The third kappa shape index (κ3) is 2.29. The van der Waals surface area contributed by atoms with Gasteiger partial charge in [-0.1, -0.05) is 18.2 Å². The zero-order chi connectivity index (χ0) is 12.5. The van der Waals surface area contributed by atoms with Gasteiger partial charge in [0.1, 0.15) is 0 Å². The first kappa shape index (κ1) is 12.7. The van der Waals surface area contributed by atoms with Gasteiger partial charge in [0.25, 0.3) is 0 Å². The lowest BCUT2D eigenvalue weighted by molar-refractivity contribution is 0.286. The SMILES string of the molecule is COP(=O)(OC)c1nc2ccccc2cc1Br. The summed E-state index contributed by atoms with van der Waals surface area (Å²) in [6, 6.07) is 9.42. The molecule has 0 aliphatic carbocycles. The van der Waals surface area contributed by atoms with E-state index in [-0.39, 0.29) is 0 Å². The number of nitrogens with zero attached hydrogens (tertiary/aromatic N) is 1. The Labute approximate surface area is 108 Å². The fourth-order valence-electron chi connectivity index (χ4n) is 1.52. The van der Waals surface area contributed by atoms with E-state index >= 15 is 0 Å². The van der Waals surface area contributed by atoms with E-state index in [1.807, 2.05) is 30.3 Å². The molecular formula is C11H11BrNO3P. The van der Waals surface area contributed by atoms with Crippen molar-refractivity contribution in [1.29, 1.82) is 0 Å². The Morgan fingerprint density at radius 1 is 1.24 bits per heavy atom. The predicted molar refractivity (Wildman–Crippen MR) is 70.7 cm³/mol. The van der Waals surface area contributed by atoms with Gasteiger partial charge in [0.05, 0.1) is 9.99 Å². The van der Waals surface area contributed by atoms with Crippen molar-refractivity contribution in [1.82, 2.24) is 4.98 Å². The first-order valence-corrected chi connectivity index (χ1v) is 7.21. The van der Waals surface area contributed by atoms with Gasteiger partial charge >= 0.3 is 7.60 Å². The normalized spacial score (nSPS) is 11.9. The van der Waals surface area contributed by atoms with Crippen molar-refractivity contribution in [3.8, 4) is 0 Å². The second kappa shape index (κ2) is 4.86. The van der Waals surface area contributed by atoms with Crippen molar-refractivity contribution in [2.45, 2.75) is 0 Å². The highest BCUT2D eigenvalue weighted by atomic mass is 79.9. The van der Waals surface area contributed by atoms with E-state index in [0.717, 1.165) is 10.9 Å². The zero-order valence-corrected chi connectivity index (χ0v) is 11.9. The van der Waals surface area contributed by atoms with Crippen molar-refractivity contribution in [2.24, 2.45) is 0 Å². The Hall–Kier alpha value is -0.740. The van der Waals surface area contributed by atoms with Crippen LogP contribution in [0.5, 0.6) is 0 Å². The molecule has 2 rings (SSSR count). The average molecular weight is 316 g/mol. The highest BCUT2D eigenvalue weighted by Gasteiger charge is 2.29. The van der Waals surface area contributed by atoms with Crippen LogP contribution in [-0.4, -0.2) is 19.2 Å². The third-order valence-corrected chi connectivity index (χ3v) is 5.13. The summed E-state index contributed by atoms with van der Waals surface area (Å²) in [6.45, 7) is 0. The Morgan fingerprint density at radius 3 is 2.53 bits per heavy atom. The summed E-state index contributed by atoms with van der Waals surface area (Å²) in [4.78, 5) is 4.33. The van der Waals surface area contributed by atoms with E-state index in [4.69, 9.17) is 9.05 Å². The monoisotopic (exact) mass is 315 g/mol. The number of aromatic nitrogens is 1. The number of para-hydroxylation sites is 1. The minimum Gasteiger partial charge on any atom is -0.307 e. The molecule has 0 amide bonds. The molecule has 6 heteroatoms. The molecule has 90 valence electrons. The van der Waals surface area contributed by atoms with Crippen LogP contribution in [0.1, 0.15) is 0 Å². The number of pyridine rings is 1. The Morgan fingerprint density at radius 2 is 1.88 bits per heavy atom. The molecule has 1 heterocycles. The molecule has 2 aromatic rings.